The predicted octanol–water partition coefficient (Wildman–Crippen LogP) is 1.82. The van der Waals surface area contributed by atoms with E-state index < -0.39 is 5.97 Å². The van der Waals surface area contributed by atoms with Crippen molar-refractivity contribution in [1.29, 1.82) is 0 Å². The molecule has 0 aliphatic heterocycles. The molecule has 1 heterocycles. The Hall–Kier alpha value is -3.48. The van der Waals surface area contributed by atoms with Gasteiger partial charge in [-0.05, 0) is 36.4 Å². The second-order valence-electron chi connectivity index (χ2n) is 5.29. The van der Waals surface area contributed by atoms with Gasteiger partial charge in [0.25, 0.3) is 5.56 Å². The Balaban J connectivity index is 1.78. The van der Waals surface area contributed by atoms with E-state index in [1.165, 1.54) is 17.9 Å². The molecule has 0 radical (unpaired) electrons. The van der Waals surface area contributed by atoms with Gasteiger partial charge in [0, 0.05) is 5.69 Å². The minimum absolute atomic E-state index is 0.138. The Labute approximate surface area is 142 Å². The molecule has 0 fully saturated rings. The summed E-state index contributed by atoms with van der Waals surface area (Å²) in [6.45, 7) is -0.138. The Morgan fingerprint density at radius 3 is 2.56 bits per heavy atom. The van der Waals surface area contributed by atoms with Gasteiger partial charge in [-0.15, -0.1) is 0 Å². The molecule has 2 aromatic carbocycles. The van der Waals surface area contributed by atoms with Crippen LogP contribution in [0.2, 0.25) is 0 Å². The quantitative estimate of drug-likeness (QED) is 0.734. The van der Waals surface area contributed by atoms with Crippen molar-refractivity contribution in [3.8, 4) is 0 Å². The van der Waals surface area contributed by atoms with E-state index in [0.29, 0.717) is 22.3 Å². The Morgan fingerprint density at radius 2 is 1.84 bits per heavy atom. The molecule has 0 aliphatic rings. The van der Waals surface area contributed by atoms with Crippen LogP contribution in [0, 0.1) is 0 Å². The van der Waals surface area contributed by atoms with Crippen LogP contribution in [0.15, 0.2) is 59.5 Å². The number of hydrogen-bond donors (Lipinski definition) is 1. The number of nitrogens with zero attached hydrogens (tertiary/aromatic N) is 2. The minimum atomic E-state index is -0.451. The number of fused-ring (bicyclic) bond motifs is 1. The molecule has 0 saturated carbocycles. The molecule has 1 N–H and O–H groups in total. The summed E-state index contributed by atoms with van der Waals surface area (Å²) in [4.78, 5) is 39.8. The summed E-state index contributed by atoms with van der Waals surface area (Å²) < 4.78 is 5.98. The average molecular weight is 337 g/mol. The largest absolute Gasteiger partial charge is 0.465 e. The number of anilines is 1. The first-order valence-corrected chi connectivity index (χ1v) is 7.51. The van der Waals surface area contributed by atoms with E-state index in [4.69, 9.17) is 0 Å². The molecule has 1 amide bonds. The molecule has 126 valence electrons. The number of amides is 1. The minimum Gasteiger partial charge on any atom is -0.465 e. The zero-order valence-corrected chi connectivity index (χ0v) is 13.4. The van der Waals surface area contributed by atoms with Crippen LogP contribution in [0.3, 0.4) is 0 Å². The van der Waals surface area contributed by atoms with Crippen LogP contribution < -0.4 is 10.9 Å². The number of methoxy groups -OCH3 is 1. The standard InChI is InChI=1S/C18H15N3O4/c1-25-18(24)12-6-8-13(9-7-12)20-16(22)11-21-15-5-3-2-4-14(15)19-10-17(21)23/h2-10H,11H2,1H3,(H,20,22). The summed E-state index contributed by atoms with van der Waals surface area (Å²) in [5.41, 5.74) is 1.78. The molecule has 3 rings (SSSR count). The number of carbonyl (C=O) groups is 2. The zero-order valence-electron chi connectivity index (χ0n) is 13.4. The maximum atomic E-state index is 12.3. The highest BCUT2D eigenvalue weighted by Gasteiger charge is 2.10. The fraction of sp³-hybridized carbons (Fsp3) is 0.111. The third-order valence-corrected chi connectivity index (χ3v) is 3.64. The van der Waals surface area contributed by atoms with Crippen LogP contribution in [0.25, 0.3) is 11.0 Å². The van der Waals surface area contributed by atoms with Gasteiger partial charge in [-0.1, -0.05) is 12.1 Å². The van der Waals surface area contributed by atoms with E-state index in [2.05, 4.69) is 15.0 Å². The highest BCUT2D eigenvalue weighted by molar-refractivity contribution is 5.93. The van der Waals surface area contributed by atoms with Crippen molar-refractivity contribution < 1.29 is 14.3 Å². The Bertz CT molecular complexity index is 993. The first-order valence-electron chi connectivity index (χ1n) is 7.51. The van der Waals surface area contributed by atoms with Crippen LogP contribution >= 0.6 is 0 Å². The lowest BCUT2D eigenvalue weighted by atomic mass is 10.2. The first kappa shape index (κ1) is 16.4. The van der Waals surface area contributed by atoms with Crippen molar-refractivity contribution >= 4 is 28.6 Å². The van der Waals surface area contributed by atoms with E-state index in [9.17, 15) is 14.4 Å². The van der Waals surface area contributed by atoms with Crippen LogP contribution in [-0.2, 0) is 16.1 Å². The Morgan fingerprint density at radius 1 is 1.12 bits per heavy atom. The number of hydrogen-bond acceptors (Lipinski definition) is 5. The average Bonchev–Trinajstić information content (AvgIpc) is 2.64. The molecule has 7 heteroatoms. The number of rotatable bonds is 4. The van der Waals surface area contributed by atoms with E-state index in [1.807, 2.05) is 6.07 Å². The van der Waals surface area contributed by atoms with Gasteiger partial charge in [-0.2, -0.15) is 0 Å². The highest BCUT2D eigenvalue weighted by atomic mass is 16.5. The van der Waals surface area contributed by atoms with Crippen molar-refractivity contribution in [3.05, 3.63) is 70.6 Å². The molecule has 7 nitrogen and oxygen atoms in total. The van der Waals surface area contributed by atoms with Gasteiger partial charge in [0.2, 0.25) is 5.91 Å². The second-order valence-corrected chi connectivity index (χ2v) is 5.29. The van der Waals surface area contributed by atoms with Gasteiger partial charge in [0.15, 0.2) is 0 Å². The second kappa shape index (κ2) is 6.96. The molecule has 0 atom stereocenters. The number of nitrogens with one attached hydrogen (secondary N) is 1. The lowest BCUT2D eigenvalue weighted by Gasteiger charge is -2.10. The van der Waals surface area contributed by atoms with Gasteiger partial charge in [-0.25, -0.2) is 9.78 Å². The zero-order chi connectivity index (χ0) is 17.8. The lowest BCUT2D eigenvalue weighted by Crippen LogP contribution is -2.28. The van der Waals surface area contributed by atoms with E-state index in [-0.39, 0.29) is 18.0 Å². The molecule has 0 saturated heterocycles. The van der Waals surface area contributed by atoms with Crippen LogP contribution in [-0.4, -0.2) is 28.5 Å². The number of benzene rings is 2. The molecule has 1 aromatic heterocycles. The summed E-state index contributed by atoms with van der Waals surface area (Å²) in [5.74, 6) is -0.808. The third kappa shape index (κ3) is 3.55. The van der Waals surface area contributed by atoms with Crippen LogP contribution in [0.4, 0.5) is 5.69 Å². The fourth-order valence-electron chi connectivity index (χ4n) is 2.43. The van der Waals surface area contributed by atoms with Crippen molar-refractivity contribution in [2.45, 2.75) is 6.54 Å². The van der Waals surface area contributed by atoms with Crippen molar-refractivity contribution in [1.82, 2.24) is 9.55 Å². The SMILES string of the molecule is COC(=O)c1ccc(NC(=O)Cn2c(=O)cnc3ccccc32)cc1. The maximum absolute atomic E-state index is 12.3. The summed E-state index contributed by atoms with van der Waals surface area (Å²) in [6, 6.07) is 13.4. The van der Waals surface area contributed by atoms with Gasteiger partial charge in [-0.3, -0.25) is 14.2 Å². The van der Waals surface area contributed by atoms with Crippen LogP contribution in [0.5, 0.6) is 0 Å². The predicted molar refractivity (Wildman–Crippen MR) is 92.4 cm³/mol. The van der Waals surface area contributed by atoms with Gasteiger partial charge in [0.1, 0.15) is 6.54 Å². The summed E-state index contributed by atoms with van der Waals surface area (Å²) in [5, 5.41) is 2.70. The third-order valence-electron chi connectivity index (χ3n) is 3.64. The lowest BCUT2D eigenvalue weighted by molar-refractivity contribution is -0.116. The van der Waals surface area contributed by atoms with Crippen molar-refractivity contribution in [2.24, 2.45) is 0 Å². The Kier molecular flexibility index (Phi) is 4.56. The normalized spacial score (nSPS) is 10.4. The first-order chi connectivity index (χ1) is 12.1. The van der Waals surface area contributed by atoms with Crippen molar-refractivity contribution in [3.63, 3.8) is 0 Å². The van der Waals surface area contributed by atoms with Crippen LogP contribution in [0.1, 0.15) is 10.4 Å². The number of carbonyl (C=O) groups excluding carboxylic acids is 2. The monoisotopic (exact) mass is 337 g/mol. The summed E-state index contributed by atoms with van der Waals surface area (Å²) in [6.07, 6.45) is 1.20. The summed E-state index contributed by atoms with van der Waals surface area (Å²) >= 11 is 0. The molecular formula is C18H15N3O4. The molecule has 25 heavy (non-hydrogen) atoms. The molecule has 0 unspecified atom stereocenters. The molecule has 3 aromatic rings. The molecule has 0 aliphatic carbocycles. The van der Waals surface area contributed by atoms with Crippen molar-refractivity contribution in [2.75, 3.05) is 12.4 Å². The number of ether oxygens (including phenoxy) is 1. The number of para-hydroxylation sites is 2. The van der Waals surface area contributed by atoms with E-state index in [1.54, 1.807) is 42.5 Å². The molecule has 0 spiro atoms. The highest BCUT2D eigenvalue weighted by Crippen LogP contribution is 2.12. The molecular weight excluding hydrogens is 322 g/mol. The van der Waals surface area contributed by atoms with Gasteiger partial charge < -0.3 is 10.1 Å². The smallest absolute Gasteiger partial charge is 0.337 e. The number of aromatic nitrogens is 2. The number of esters is 1. The molecule has 0 bridgehead atoms. The summed E-state index contributed by atoms with van der Waals surface area (Å²) in [7, 11) is 1.30. The van der Waals surface area contributed by atoms with E-state index >= 15 is 0 Å². The van der Waals surface area contributed by atoms with Gasteiger partial charge in [0.05, 0.1) is 29.9 Å². The topological polar surface area (TPSA) is 90.3 Å². The maximum Gasteiger partial charge on any atom is 0.337 e. The van der Waals surface area contributed by atoms with Gasteiger partial charge >= 0.3 is 5.97 Å². The fourth-order valence-corrected chi connectivity index (χ4v) is 2.43. The van der Waals surface area contributed by atoms with E-state index in [0.717, 1.165) is 0 Å².